The molecule has 0 aliphatic rings. The van der Waals surface area contributed by atoms with E-state index >= 15 is 0 Å². The van der Waals surface area contributed by atoms with E-state index in [-0.39, 0.29) is 0 Å². The van der Waals surface area contributed by atoms with Crippen molar-refractivity contribution in [3.8, 4) is 24.7 Å². The molecule has 60 valence electrons. The number of benzene rings is 1. The zero-order valence-electron chi connectivity index (χ0n) is 6.74. The van der Waals surface area contributed by atoms with E-state index in [4.69, 9.17) is 12.8 Å². The highest BCUT2D eigenvalue weighted by Crippen LogP contribution is 2.16. The number of nitrogens with zero attached hydrogens (tertiary/aromatic N) is 1. The Hall–Kier alpha value is -2.28. The fourth-order valence-corrected chi connectivity index (χ4v) is 0.900. The smallest absolute Gasteiger partial charge is 0.211 e. The Morgan fingerprint density at radius 2 is 1.85 bits per heavy atom. The van der Waals surface area contributed by atoms with Crippen LogP contribution in [0.3, 0.4) is 0 Å². The van der Waals surface area contributed by atoms with Crippen molar-refractivity contribution in [2.24, 2.45) is 4.99 Å². The maximum Gasteiger partial charge on any atom is 0.240 e. The Morgan fingerprint density at radius 1 is 1.15 bits per heavy atom. The molecule has 0 amide bonds. The van der Waals surface area contributed by atoms with Gasteiger partial charge in [-0.05, 0) is 18.2 Å². The molecule has 1 aromatic carbocycles. The van der Waals surface area contributed by atoms with Crippen LogP contribution in [0.1, 0.15) is 11.1 Å². The van der Waals surface area contributed by atoms with Crippen LogP contribution >= 0.6 is 0 Å². The number of rotatable bonds is 1. The Morgan fingerprint density at radius 3 is 2.38 bits per heavy atom. The van der Waals surface area contributed by atoms with Gasteiger partial charge in [-0.2, -0.15) is 4.99 Å². The van der Waals surface area contributed by atoms with E-state index in [1.54, 1.807) is 18.2 Å². The molecule has 1 aromatic rings. The van der Waals surface area contributed by atoms with Crippen LogP contribution in [0.5, 0.6) is 0 Å². The Balaban J connectivity index is 3.32. The van der Waals surface area contributed by atoms with E-state index in [1.165, 1.54) is 6.08 Å². The van der Waals surface area contributed by atoms with Gasteiger partial charge >= 0.3 is 0 Å². The maximum atomic E-state index is 9.94. The quantitative estimate of drug-likeness (QED) is 0.355. The van der Waals surface area contributed by atoms with Crippen LogP contribution < -0.4 is 0 Å². The molecule has 0 aliphatic heterocycles. The summed E-state index contributed by atoms with van der Waals surface area (Å²) in [7, 11) is 0. The minimum Gasteiger partial charge on any atom is -0.211 e. The van der Waals surface area contributed by atoms with Crippen LogP contribution in [0.4, 0.5) is 5.69 Å². The van der Waals surface area contributed by atoms with Crippen molar-refractivity contribution >= 4 is 11.8 Å². The second-order valence-corrected chi connectivity index (χ2v) is 2.22. The van der Waals surface area contributed by atoms with Gasteiger partial charge in [0.05, 0.1) is 5.69 Å². The van der Waals surface area contributed by atoms with Gasteiger partial charge in [-0.15, -0.1) is 12.8 Å². The molecule has 0 aliphatic carbocycles. The molecule has 13 heavy (non-hydrogen) atoms. The van der Waals surface area contributed by atoms with Gasteiger partial charge in [-0.25, -0.2) is 4.79 Å². The molecular formula is C11H5NO. The lowest BCUT2D eigenvalue weighted by molar-refractivity contribution is 0.565. The fraction of sp³-hybridized carbons (Fsp3) is 0. The van der Waals surface area contributed by atoms with Gasteiger partial charge in [0.25, 0.3) is 0 Å². The van der Waals surface area contributed by atoms with Crippen LogP contribution in [0, 0.1) is 24.7 Å². The van der Waals surface area contributed by atoms with E-state index in [1.807, 2.05) is 0 Å². The van der Waals surface area contributed by atoms with Crippen LogP contribution in [0.25, 0.3) is 0 Å². The average molecular weight is 167 g/mol. The molecule has 0 spiro atoms. The van der Waals surface area contributed by atoms with E-state index in [0.717, 1.165) is 0 Å². The minimum atomic E-state index is 0.460. The van der Waals surface area contributed by atoms with E-state index in [2.05, 4.69) is 16.8 Å². The van der Waals surface area contributed by atoms with Gasteiger partial charge in [-0.1, -0.05) is 11.8 Å². The molecule has 0 fully saturated rings. The van der Waals surface area contributed by atoms with E-state index < -0.39 is 0 Å². The van der Waals surface area contributed by atoms with Crippen molar-refractivity contribution in [2.75, 3.05) is 0 Å². The number of hydrogen-bond acceptors (Lipinski definition) is 2. The lowest BCUT2D eigenvalue weighted by Gasteiger charge is -1.96. The van der Waals surface area contributed by atoms with Crippen LogP contribution in [0.15, 0.2) is 23.2 Å². The minimum absolute atomic E-state index is 0.460. The number of carbonyl (C=O) groups excluding carboxylic acids is 1. The Bertz CT molecular complexity index is 454. The van der Waals surface area contributed by atoms with Crippen molar-refractivity contribution in [2.45, 2.75) is 0 Å². The molecule has 0 aromatic heterocycles. The molecule has 0 atom stereocenters. The number of hydrogen-bond donors (Lipinski definition) is 0. The van der Waals surface area contributed by atoms with Crippen molar-refractivity contribution < 1.29 is 4.79 Å². The summed E-state index contributed by atoms with van der Waals surface area (Å²) in [5.74, 6) is 4.85. The first-order valence-corrected chi connectivity index (χ1v) is 3.47. The van der Waals surface area contributed by atoms with Gasteiger partial charge < -0.3 is 0 Å². The summed E-state index contributed by atoms with van der Waals surface area (Å²) in [4.78, 5) is 13.4. The van der Waals surface area contributed by atoms with Gasteiger partial charge in [0.1, 0.15) is 0 Å². The molecule has 0 unspecified atom stereocenters. The van der Waals surface area contributed by atoms with Gasteiger partial charge in [0, 0.05) is 11.1 Å². The summed E-state index contributed by atoms with van der Waals surface area (Å²) in [6.07, 6.45) is 11.8. The molecule has 0 radical (unpaired) electrons. The summed E-state index contributed by atoms with van der Waals surface area (Å²) in [5, 5.41) is 0. The van der Waals surface area contributed by atoms with Crippen molar-refractivity contribution in [3.63, 3.8) is 0 Å². The third-order valence-corrected chi connectivity index (χ3v) is 1.49. The van der Waals surface area contributed by atoms with Gasteiger partial charge in [0.2, 0.25) is 6.08 Å². The van der Waals surface area contributed by atoms with Gasteiger partial charge in [-0.3, -0.25) is 0 Å². The summed E-state index contributed by atoms with van der Waals surface area (Å²) in [6, 6.07) is 4.83. The zero-order valence-corrected chi connectivity index (χ0v) is 6.74. The first-order valence-electron chi connectivity index (χ1n) is 3.47. The van der Waals surface area contributed by atoms with Crippen LogP contribution in [0.2, 0.25) is 0 Å². The van der Waals surface area contributed by atoms with Crippen molar-refractivity contribution in [1.29, 1.82) is 0 Å². The predicted octanol–water partition coefficient (Wildman–Crippen LogP) is 1.62. The summed E-state index contributed by atoms with van der Waals surface area (Å²) >= 11 is 0. The first kappa shape index (κ1) is 8.81. The first-order chi connectivity index (χ1) is 6.31. The summed E-state index contributed by atoms with van der Waals surface area (Å²) in [6.45, 7) is 0. The fourth-order valence-electron chi connectivity index (χ4n) is 0.900. The highest BCUT2D eigenvalue weighted by molar-refractivity contribution is 5.58. The number of terminal acetylenes is 2. The zero-order chi connectivity index (χ0) is 9.68. The molecule has 2 nitrogen and oxygen atoms in total. The third kappa shape index (κ3) is 1.84. The predicted molar refractivity (Wildman–Crippen MR) is 50.1 cm³/mol. The monoisotopic (exact) mass is 167 g/mol. The Kier molecular flexibility index (Phi) is 2.66. The Labute approximate surface area is 76.3 Å². The second-order valence-electron chi connectivity index (χ2n) is 2.22. The second kappa shape index (κ2) is 3.93. The molecule has 0 bridgehead atoms. The molecule has 0 heterocycles. The topological polar surface area (TPSA) is 29.4 Å². The molecule has 0 saturated heterocycles. The van der Waals surface area contributed by atoms with E-state index in [9.17, 15) is 4.79 Å². The lowest BCUT2D eigenvalue weighted by Crippen LogP contribution is -1.81. The summed E-state index contributed by atoms with van der Waals surface area (Å²) < 4.78 is 0. The van der Waals surface area contributed by atoms with Crippen molar-refractivity contribution in [3.05, 3.63) is 29.3 Å². The average Bonchev–Trinajstić information content (AvgIpc) is 2.18. The summed E-state index contributed by atoms with van der Waals surface area (Å²) in [5.41, 5.74) is 1.63. The van der Waals surface area contributed by atoms with Crippen LogP contribution in [-0.2, 0) is 4.79 Å². The normalized spacial score (nSPS) is 7.85. The molecule has 0 N–H and O–H groups in total. The highest BCUT2D eigenvalue weighted by Gasteiger charge is 1.97. The molecular weight excluding hydrogens is 162 g/mol. The van der Waals surface area contributed by atoms with Crippen LogP contribution in [-0.4, -0.2) is 6.08 Å². The molecule has 2 heteroatoms. The maximum absolute atomic E-state index is 9.94. The number of isocyanates is 1. The van der Waals surface area contributed by atoms with Crippen molar-refractivity contribution in [1.82, 2.24) is 0 Å². The largest absolute Gasteiger partial charge is 0.240 e. The molecule has 0 saturated carbocycles. The third-order valence-electron chi connectivity index (χ3n) is 1.49. The van der Waals surface area contributed by atoms with E-state index in [0.29, 0.717) is 16.8 Å². The SMILES string of the molecule is C#Cc1ccc(N=C=O)cc1C#C. The van der Waals surface area contributed by atoms with Gasteiger partial charge in [0.15, 0.2) is 0 Å². The standard InChI is InChI=1S/C11H5NO/c1-3-9-5-6-11(12-8-13)7-10(9)4-2/h1-2,5-7H. The lowest BCUT2D eigenvalue weighted by atomic mass is 10.1. The highest BCUT2D eigenvalue weighted by atomic mass is 16.1. The molecule has 1 rings (SSSR count). The number of aliphatic imine (C=N–C) groups is 1.